The van der Waals surface area contributed by atoms with Crippen molar-refractivity contribution in [1.29, 1.82) is 0 Å². The van der Waals surface area contributed by atoms with Crippen LogP contribution in [0.4, 0.5) is 10.2 Å². The van der Waals surface area contributed by atoms with Crippen molar-refractivity contribution < 1.29 is 4.39 Å². The number of rotatable bonds is 9. The van der Waals surface area contributed by atoms with Crippen molar-refractivity contribution in [2.75, 3.05) is 44.7 Å². The molecule has 0 spiro atoms. The number of aliphatic imine (C=N–C) groups is 1. The summed E-state index contributed by atoms with van der Waals surface area (Å²) in [7, 11) is 2.14. The molecule has 1 saturated heterocycles. The maximum atomic E-state index is 14.0. The number of pyridine rings is 1. The Balaban J connectivity index is 1.44. The van der Waals surface area contributed by atoms with Crippen molar-refractivity contribution in [1.82, 2.24) is 20.5 Å². The summed E-state index contributed by atoms with van der Waals surface area (Å²) in [5, 5.41) is 6.82. The maximum Gasteiger partial charge on any atom is 0.191 e. The quantitative estimate of drug-likeness (QED) is 0.377. The molecule has 0 saturated carbocycles. The molecule has 2 N–H and O–H groups in total. The highest BCUT2D eigenvalue weighted by atomic mass is 19.1. The summed E-state index contributed by atoms with van der Waals surface area (Å²) in [5.41, 5.74) is 1.33. The van der Waals surface area contributed by atoms with Crippen LogP contribution in [0.5, 0.6) is 0 Å². The Morgan fingerprint density at radius 3 is 2.87 bits per heavy atom. The van der Waals surface area contributed by atoms with Gasteiger partial charge in [-0.05, 0) is 51.1 Å². The Bertz CT molecular complexity index is 797. The molecule has 0 radical (unpaired) electrons. The first kappa shape index (κ1) is 22.0. The summed E-state index contributed by atoms with van der Waals surface area (Å²) in [4.78, 5) is 13.2. The van der Waals surface area contributed by atoms with E-state index in [1.165, 1.54) is 11.6 Å². The molecule has 6 nitrogen and oxygen atoms in total. The van der Waals surface area contributed by atoms with E-state index in [1.807, 2.05) is 11.0 Å². The molecule has 162 valence electrons. The molecule has 1 aliphatic heterocycles. The lowest BCUT2D eigenvalue weighted by Crippen LogP contribution is -2.44. The first-order valence-electron chi connectivity index (χ1n) is 10.8. The van der Waals surface area contributed by atoms with Crippen LogP contribution in [0, 0.1) is 5.82 Å². The summed E-state index contributed by atoms with van der Waals surface area (Å²) < 4.78 is 14.0. The molecular formula is C23H33FN6. The molecule has 7 heteroatoms. The summed E-state index contributed by atoms with van der Waals surface area (Å²) in [6, 6.07) is 13.8. The lowest BCUT2D eigenvalue weighted by Gasteiger charge is -2.20. The molecule has 1 atom stereocenters. The maximum absolute atomic E-state index is 14.0. The zero-order chi connectivity index (χ0) is 21.2. The number of hydrogen-bond acceptors (Lipinski definition) is 4. The molecular weight excluding hydrogens is 379 g/mol. The van der Waals surface area contributed by atoms with Gasteiger partial charge in [0.15, 0.2) is 17.6 Å². The highest BCUT2D eigenvalue weighted by molar-refractivity contribution is 5.80. The van der Waals surface area contributed by atoms with Gasteiger partial charge in [0.1, 0.15) is 0 Å². The number of hydrogen-bond donors (Lipinski definition) is 2. The third-order valence-corrected chi connectivity index (χ3v) is 5.18. The predicted molar refractivity (Wildman–Crippen MR) is 121 cm³/mol. The van der Waals surface area contributed by atoms with E-state index in [2.05, 4.69) is 58.8 Å². The zero-order valence-corrected chi connectivity index (χ0v) is 18.0. The molecule has 0 aliphatic carbocycles. The molecule has 3 rings (SSSR count). The minimum absolute atomic E-state index is 0.227. The highest BCUT2D eigenvalue weighted by Crippen LogP contribution is 2.20. The average molecular weight is 413 g/mol. The van der Waals surface area contributed by atoms with E-state index >= 15 is 0 Å². The fourth-order valence-electron chi connectivity index (χ4n) is 3.70. The molecule has 0 bridgehead atoms. The lowest BCUT2D eigenvalue weighted by molar-refractivity contribution is 0.324. The lowest BCUT2D eigenvalue weighted by atomic mass is 10.2. The highest BCUT2D eigenvalue weighted by Gasteiger charge is 2.25. The van der Waals surface area contributed by atoms with Gasteiger partial charge in [-0.3, -0.25) is 4.99 Å². The second-order valence-electron chi connectivity index (χ2n) is 7.72. The number of guanidine groups is 1. The molecule has 2 heterocycles. The molecule has 0 amide bonds. The Morgan fingerprint density at radius 1 is 1.27 bits per heavy atom. The summed E-state index contributed by atoms with van der Waals surface area (Å²) >= 11 is 0. The number of aromatic nitrogens is 1. The van der Waals surface area contributed by atoms with E-state index in [0.29, 0.717) is 5.82 Å². The van der Waals surface area contributed by atoms with Gasteiger partial charge in [0.2, 0.25) is 0 Å². The van der Waals surface area contributed by atoms with Crippen LogP contribution in [0.25, 0.3) is 0 Å². The monoisotopic (exact) mass is 412 g/mol. The van der Waals surface area contributed by atoms with Gasteiger partial charge in [-0.25, -0.2) is 9.37 Å². The average Bonchev–Trinajstić information content (AvgIpc) is 3.20. The van der Waals surface area contributed by atoms with Crippen molar-refractivity contribution >= 4 is 11.8 Å². The zero-order valence-electron chi connectivity index (χ0n) is 18.0. The third kappa shape index (κ3) is 6.69. The van der Waals surface area contributed by atoms with Crippen LogP contribution in [0.2, 0.25) is 0 Å². The molecule has 1 aromatic heterocycles. The van der Waals surface area contributed by atoms with Gasteiger partial charge < -0.3 is 20.4 Å². The molecule has 1 aliphatic rings. The smallest absolute Gasteiger partial charge is 0.191 e. The summed E-state index contributed by atoms with van der Waals surface area (Å²) in [6.07, 6.45) is 3.57. The minimum Gasteiger partial charge on any atom is -0.357 e. The first-order valence-corrected chi connectivity index (χ1v) is 10.8. The Labute approximate surface area is 179 Å². The summed E-state index contributed by atoms with van der Waals surface area (Å²) in [5.74, 6) is 1.00. The van der Waals surface area contributed by atoms with Crippen molar-refractivity contribution in [3.8, 4) is 0 Å². The second-order valence-corrected chi connectivity index (χ2v) is 7.72. The van der Waals surface area contributed by atoms with Crippen molar-refractivity contribution in [3.05, 3.63) is 60.0 Å². The van der Waals surface area contributed by atoms with Gasteiger partial charge in [0.25, 0.3) is 0 Å². The van der Waals surface area contributed by atoms with Crippen molar-refractivity contribution in [3.63, 3.8) is 0 Å². The largest absolute Gasteiger partial charge is 0.357 e. The number of halogens is 1. The molecule has 30 heavy (non-hydrogen) atoms. The van der Waals surface area contributed by atoms with E-state index < -0.39 is 0 Å². The van der Waals surface area contributed by atoms with E-state index in [1.54, 1.807) is 12.3 Å². The van der Waals surface area contributed by atoms with E-state index in [9.17, 15) is 4.39 Å². The van der Waals surface area contributed by atoms with Gasteiger partial charge in [-0.1, -0.05) is 30.3 Å². The topological polar surface area (TPSA) is 55.8 Å². The third-order valence-electron chi connectivity index (χ3n) is 5.18. The molecule has 1 aromatic carbocycles. The van der Waals surface area contributed by atoms with Gasteiger partial charge >= 0.3 is 0 Å². The van der Waals surface area contributed by atoms with Crippen LogP contribution in [-0.2, 0) is 6.54 Å². The summed E-state index contributed by atoms with van der Waals surface area (Å²) in [6.45, 7) is 7.09. The van der Waals surface area contributed by atoms with Crippen molar-refractivity contribution in [2.45, 2.75) is 32.4 Å². The van der Waals surface area contributed by atoms with E-state index in [0.717, 1.165) is 58.1 Å². The van der Waals surface area contributed by atoms with Crippen LogP contribution < -0.4 is 15.5 Å². The minimum atomic E-state index is -0.265. The first-order chi connectivity index (χ1) is 14.7. The number of nitrogens with zero attached hydrogens (tertiary/aromatic N) is 4. The number of anilines is 1. The normalized spacial score (nSPS) is 16.9. The Hall–Kier alpha value is -2.67. The van der Waals surface area contributed by atoms with E-state index in [-0.39, 0.29) is 11.9 Å². The predicted octanol–water partition coefficient (Wildman–Crippen LogP) is 2.88. The van der Waals surface area contributed by atoms with Gasteiger partial charge in [0.05, 0.1) is 0 Å². The molecule has 1 unspecified atom stereocenters. The van der Waals surface area contributed by atoms with Crippen molar-refractivity contribution in [2.24, 2.45) is 4.99 Å². The molecule has 2 aromatic rings. The van der Waals surface area contributed by atoms with Gasteiger partial charge in [0, 0.05) is 45.0 Å². The SMILES string of the molecule is CCNC(=NCCCN(C)Cc1ccccc1)NC1CCN(c2ncccc2F)C1. The molecule has 1 fully saturated rings. The van der Waals surface area contributed by atoms with Crippen LogP contribution >= 0.6 is 0 Å². The Kier molecular flexibility index (Phi) is 8.44. The second kappa shape index (κ2) is 11.5. The number of nitrogens with one attached hydrogen (secondary N) is 2. The fourth-order valence-corrected chi connectivity index (χ4v) is 3.70. The van der Waals surface area contributed by atoms with Gasteiger partial charge in [-0.15, -0.1) is 0 Å². The fraction of sp³-hybridized carbons (Fsp3) is 0.478. The Morgan fingerprint density at radius 2 is 2.10 bits per heavy atom. The van der Waals surface area contributed by atoms with Crippen LogP contribution in [0.1, 0.15) is 25.3 Å². The van der Waals surface area contributed by atoms with Crippen LogP contribution in [0.15, 0.2) is 53.7 Å². The number of benzene rings is 1. The van der Waals surface area contributed by atoms with Crippen LogP contribution in [-0.4, -0.2) is 61.7 Å². The van der Waals surface area contributed by atoms with E-state index in [4.69, 9.17) is 4.99 Å². The van der Waals surface area contributed by atoms with Crippen LogP contribution in [0.3, 0.4) is 0 Å². The standard InChI is InChI=1S/C23H33FN6/c1-3-25-23(27-14-8-15-29(2)17-19-9-5-4-6-10-19)28-20-12-16-30(18-20)22-21(24)11-7-13-26-22/h4-7,9-11,13,20H,3,8,12,14-18H2,1-2H3,(H2,25,27,28). The van der Waals surface area contributed by atoms with Gasteiger partial charge in [-0.2, -0.15) is 0 Å².